The van der Waals surface area contributed by atoms with Crippen LogP contribution >= 0.6 is 15.9 Å². The van der Waals surface area contributed by atoms with Crippen molar-refractivity contribution in [3.8, 4) is 0 Å². The Morgan fingerprint density at radius 2 is 1.93 bits per heavy atom. The van der Waals surface area contributed by atoms with Crippen LogP contribution in [0.15, 0.2) is 34.9 Å². The molecule has 0 atom stereocenters. The number of nitrogen functional groups attached to an aromatic ring is 1. The minimum Gasteiger partial charge on any atom is -0.384 e. The molecule has 2 heterocycles. The summed E-state index contributed by atoms with van der Waals surface area (Å²) in [5, 5.41) is 2.27. The van der Waals surface area contributed by atoms with Crippen LogP contribution in [0.1, 0.15) is 0 Å². The van der Waals surface area contributed by atoms with Gasteiger partial charge in [-0.05, 0) is 24.3 Å². The molecule has 0 radical (unpaired) electrons. The number of benzene rings is 1. The van der Waals surface area contributed by atoms with Crippen LogP contribution in [0.3, 0.4) is 0 Å². The van der Waals surface area contributed by atoms with E-state index in [0.717, 1.165) is 26.3 Å². The summed E-state index contributed by atoms with van der Waals surface area (Å²) in [7, 11) is 0. The van der Waals surface area contributed by atoms with Crippen molar-refractivity contribution in [2.75, 3.05) is 5.73 Å². The lowest BCUT2D eigenvalue weighted by Crippen LogP contribution is -1.87. The molecule has 0 amide bonds. The van der Waals surface area contributed by atoms with Crippen LogP contribution in [-0.4, -0.2) is 9.97 Å². The monoisotopic (exact) mass is 261 g/mol. The summed E-state index contributed by atoms with van der Waals surface area (Å²) in [4.78, 5) is 7.35. The number of hydrogen-bond donors (Lipinski definition) is 2. The molecule has 3 rings (SSSR count). The largest absolute Gasteiger partial charge is 0.384 e. The third-order valence-corrected chi connectivity index (χ3v) is 2.96. The topological polar surface area (TPSA) is 54.7 Å². The number of nitrogens with zero attached hydrogens (tertiary/aromatic N) is 1. The average Bonchev–Trinajstić information content (AvgIpc) is 2.56. The Bertz CT molecular complexity index is 601. The number of fused-ring (bicyclic) bond motifs is 3. The van der Waals surface area contributed by atoms with Crippen molar-refractivity contribution in [2.45, 2.75) is 0 Å². The van der Waals surface area contributed by atoms with Crippen molar-refractivity contribution in [1.29, 1.82) is 0 Å². The van der Waals surface area contributed by atoms with Crippen molar-refractivity contribution in [3.63, 3.8) is 0 Å². The van der Waals surface area contributed by atoms with Gasteiger partial charge in [-0.3, -0.25) is 0 Å². The van der Waals surface area contributed by atoms with Crippen LogP contribution in [0, 0.1) is 0 Å². The second-order valence-electron chi connectivity index (χ2n) is 3.47. The highest BCUT2D eigenvalue weighted by Gasteiger charge is 2.04. The number of aromatic amines is 1. The zero-order valence-electron chi connectivity index (χ0n) is 7.79. The molecule has 0 aliphatic rings. The Morgan fingerprint density at radius 3 is 2.80 bits per heavy atom. The van der Waals surface area contributed by atoms with E-state index in [1.165, 1.54) is 0 Å². The summed E-state index contributed by atoms with van der Waals surface area (Å²) in [5.74, 6) is 0.545. The maximum Gasteiger partial charge on any atom is 0.124 e. The highest BCUT2D eigenvalue weighted by molar-refractivity contribution is 9.10. The third-order valence-electron chi connectivity index (χ3n) is 2.47. The van der Waals surface area contributed by atoms with Gasteiger partial charge in [0.1, 0.15) is 5.82 Å². The third kappa shape index (κ3) is 1.29. The second-order valence-corrected chi connectivity index (χ2v) is 4.39. The first kappa shape index (κ1) is 8.73. The van der Waals surface area contributed by atoms with Gasteiger partial charge in [-0.25, -0.2) is 4.98 Å². The second kappa shape index (κ2) is 2.97. The normalized spacial score (nSPS) is 11.3. The number of pyridine rings is 1. The molecule has 3 aromatic rings. The van der Waals surface area contributed by atoms with E-state index >= 15 is 0 Å². The van der Waals surface area contributed by atoms with Gasteiger partial charge in [0.05, 0.1) is 11.7 Å². The summed E-state index contributed by atoms with van der Waals surface area (Å²) in [5.41, 5.74) is 7.78. The summed E-state index contributed by atoms with van der Waals surface area (Å²) in [6.45, 7) is 0. The number of anilines is 1. The standard InChI is InChI=1S/C11H8BrN3/c12-6-1-2-9-7(3-6)8-4-11(13)14-5-10(8)15-9/h1-5,15H,(H2,13,14). The number of nitrogens with one attached hydrogen (secondary N) is 1. The first-order chi connectivity index (χ1) is 7.24. The molecule has 0 saturated carbocycles. The lowest BCUT2D eigenvalue weighted by atomic mass is 10.2. The van der Waals surface area contributed by atoms with Gasteiger partial charge in [0.15, 0.2) is 0 Å². The van der Waals surface area contributed by atoms with E-state index in [4.69, 9.17) is 5.73 Å². The molecule has 0 fully saturated rings. The van der Waals surface area contributed by atoms with Gasteiger partial charge in [-0.2, -0.15) is 0 Å². The van der Waals surface area contributed by atoms with E-state index in [-0.39, 0.29) is 0 Å². The van der Waals surface area contributed by atoms with Crippen LogP contribution in [0.5, 0.6) is 0 Å². The Labute approximate surface area is 94.4 Å². The Balaban J connectivity index is 2.55. The molecular formula is C11H8BrN3. The highest BCUT2D eigenvalue weighted by atomic mass is 79.9. The molecule has 3 N–H and O–H groups in total. The fraction of sp³-hybridized carbons (Fsp3) is 0. The smallest absolute Gasteiger partial charge is 0.124 e. The quantitative estimate of drug-likeness (QED) is 0.654. The SMILES string of the molecule is Nc1cc2c(cn1)[nH]c1ccc(Br)cc12. The molecular weight excluding hydrogens is 254 g/mol. The number of hydrogen-bond acceptors (Lipinski definition) is 2. The molecule has 2 aromatic heterocycles. The van der Waals surface area contributed by atoms with Crippen LogP contribution in [-0.2, 0) is 0 Å². The zero-order chi connectivity index (χ0) is 10.4. The van der Waals surface area contributed by atoms with Gasteiger partial charge in [0.25, 0.3) is 0 Å². The summed E-state index contributed by atoms with van der Waals surface area (Å²) in [6.07, 6.45) is 1.76. The van der Waals surface area contributed by atoms with Gasteiger partial charge < -0.3 is 10.7 Å². The summed E-state index contributed by atoms with van der Waals surface area (Å²) in [6, 6.07) is 8.01. The lowest BCUT2D eigenvalue weighted by molar-refractivity contribution is 1.35. The van der Waals surface area contributed by atoms with E-state index in [2.05, 4.69) is 32.0 Å². The first-order valence-electron chi connectivity index (χ1n) is 4.56. The Morgan fingerprint density at radius 1 is 1.13 bits per heavy atom. The molecule has 3 nitrogen and oxygen atoms in total. The number of aromatic nitrogens is 2. The molecule has 74 valence electrons. The van der Waals surface area contributed by atoms with E-state index in [9.17, 15) is 0 Å². The fourth-order valence-corrected chi connectivity index (χ4v) is 2.15. The lowest BCUT2D eigenvalue weighted by Gasteiger charge is -1.93. The molecule has 0 aliphatic carbocycles. The van der Waals surface area contributed by atoms with E-state index in [1.54, 1.807) is 6.20 Å². The average molecular weight is 262 g/mol. The zero-order valence-corrected chi connectivity index (χ0v) is 9.38. The van der Waals surface area contributed by atoms with E-state index in [1.807, 2.05) is 18.2 Å². The molecule has 1 aromatic carbocycles. The Hall–Kier alpha value is -1.55. The fourth-order valence-electron chi connectivity index (χ4n) is 1.79. The van der Waals surface area contributed by atoms with Gasteiger partial charge in [0, 0.05) is 20.8 Å². The summed E-state index contributed by atoms with van der Waals surface area (Å²) >= 11 is 3.46. The minimum absolute atomic E-state index is 0.545. The number of rotatable bonds is 0. The minimum atomic E-state index is 0.545. The molecule has 0 spiro atoms. The van der Waals surface area contributed by atoms with Gasteiger partial charge >= 0.3 is 0 Å². The maximum absolute atomic E-state index is 5.68. The molecule has 15 heavy (non-hydrogen) atoms. The number of nitrogens with two attached hydrogens (primary N) is 1. The first-order valence-corrected chi connectivity index (χ1v) is 5.36. The molecule has 4 heteroatoms. The van der Waals surface area contributed by atoms with Crippen LogP contribution in [0.4, 0.5) is 5.82 Å². The van der Waals surface area contributed by atoms with Crippen molar-refractivity contribution in [2.24, 2.45) is 0 Å². The predicted octanol–water partition coefficient (Wildman–Crippen LogP) is 3.06. The molecule has 0 bridgehead atoms. The predicted molar refractivity (Wildman–Crippen MR) is 65.7 cm³/mol. The molecule has 0 unspecified atom stereocenters. The summed E-state index contributed by atoms with van der Waals surface area (Å²) < 4.78 is 1.06. The number of H-pyrrole nitrogens is 1. The highest BCUT2D eigenvalue weighted by Crippen LogP contribution is 2.28. The van der Waals surface area contributed by atoms with Crippen molar-refractivity contribution in [1.82, 2.24) is 9.97 Å². The van der Waals surface area contributed by atoms with Gasteiger partial charge in [-0.15, -0.1) is 0 Å². The van der Waals surface area contributed by atoms with Crippen molar-refractivity contribution < 1.29 is 0 Å². The van der Waals surface area contributed by atoms with Gasteiger partial charge in [-0.1, -0.05) is 15.9 Å². The number of halogens is 1. The molecule has 0 aliphatic heterocycles. The van der Waals surface area contributed by atoms with E-state index < -0.39 is 0 Å². The Kier molecular flexibility index (Phi) is 1.73. The van der Waals surface area contributed by atoms with Gasteiger partial charge in [0.2, 0.25) is 0 Å². The van der Waals surface area contributed by atoms with E-state index in [0.29, 0.717) is 5.82 Å². The molecule has 0 saturated heterocycles. The van der Waals surface area contributed by atoms with Crippen molar-refractivity contribution >= 4 is 43.6 Å². The van der Waals surface area contributed by atoms with Crippen LogP contribution in [0.2, 0.25) is 0 Å². The van der Waals surface area contributed by atoms with Crippen molar-refractivity contribution in [3.05, 3.63) is 34.9 Å². The maximum atomic E-state index is 5.68. The van der Waals surface area contributed by atoms with Crippen LogP contribution in [0.25, 0.3) is 21.8 Å². The van der Waals surface area contributed by atoms with Crippen LogP contribution < -0.4 is 5.73 Å².